The van der Waals surface area contributed by atoms with Crippen LogP contribution in [0.2, 0.25) is 0 Å². The molecule has 188 valence electrons. The molecule has 37 heavy (non-hydrogen) atoms. The Kier molecular flexibility index (Phi) is 6.26. The molecule has 0 aliphatic carbocycles. The van der Waals surface area contributed by atoms with Crippen LogP contribution in [0.15, 0.2) is 55.2 Å². The fourth-order valence-electron chi connectivity index (χ4n) is 4.17. The summed E-state index contributed by atoms with van der Waals surface area (Å²) in [7, 11) is 0. The number of aromatic nitrogens is 7. The zero-order valence-electron chi connectivity index (χ0n) is 20.9. The van der Waals surface area contributed by atoms with Crippen molar-refractivity contribution in [2.24, 2.45) is 5.73 Å². The van der Waals surface area contributed by atoms with Crippen LogP contribution < -0.4 is 16.4 Å². The van der Waals surface area contributed by atoms with Gasteiger partial charge in [0.2, 0.25) is 11.9 Å². The number of nitrogens with two attached hydrogens (primary N) is 2. The highest BCUT2D eigenvalue weighted by Gasteiger charge is 2.18. The number of hydrogen-bond donors (Lipinski definition) is 3. The highest BCUT2D eigenvalue weighted by molar-refractivity contribution is 5.95. The largest absolute Gasteiger partial charge is 0.370 e. The van der Waals surface area contributed by atoms with Crippen molar-refractivity contribution in [2.75, 3.05) is 17.2 Å². The summed E-state index contributed by atoms with van der Waals surface area (Å²) in [6.45, 7) is 6.39. The van der Waals surface area contributed by atoms with E-state index in [1.807, 2.05) is 59.5 Å². The SMILES string of the molecule is Cc1cc(N(CCC(N)=O)c2cc(-c3c[nH]c4ncc(-c5cnn(C(C)C)c5)cc34)nc(N)n2)ccn1. The number of hydrogen-bond acceptors (Lipinski definition) is 8. The van der Waals surface area contributed by atoms with Gasteiger partial charge in [0.25, 0.3) is 0 Å². The van der Waals surface area contributed by atoms with Gasteiger partial charge < -0.3 is 21.4 Å². The molecule has 5 aromatic rings. The first-order valence-corrected chi connectivity index (χ1v) is 11.9. The van der Waals surface area contributed by atoms with Gasteiger partial charge in [-0.25, -0.2) is 9.97 Å². The lowest BCUT2D eigenvalue weighted by molar-refractivity contribution is -0.117. The summed E-state index contributed by atoms with van der Waals surface area (Å²) in [5.74, 6) is 0.249. The smallest absolute Gasteiger partial charge is 0.222 e. The van der Waals surface area contributed by atoms with Gasteiger partial charge in [0.05, 0.1) is 11.9 Å². The Morgan fingerprint density at radius 1 is 1.14 bits per heavy atom. The van der Waals surface area contributed by atoms with E-state index in [0.717, 1.165) is 39.1 Å². The van der Waals surface area contributed by atoms with Crippen LogP contribution >= 0.6 is 0 Å². The Labute approximate surface area is 213 Å². The molecule has 5 rings (SSSR count). The van der Waals surface area contributed by atoms with E-state index >= 15 is 0 Å². The van der Waals surface area contributed by atoms with E-state index in [1.54, 1.807) is 6.20 Å². The van der Waals surface area contributed by atoms with Crippen molar-refractivity contribution in [1.29, 1.82) is 0 Å². The molecule has 5 aromatic heterocycles. The van der Waals surface area contributed by atoms with Crippen molar-refractivity contribution in [3.63, 3.8) is 0 Å². The monoisotopic (exact) mass is 496 g/mol. The maximum atomic E-state index is 11.6. The Morgan fingerprint density at radius 3 is 2.70 bits per heavy atom. The van der Waals surface area contributed by atoms with Crippen LogP contribution in [0.25, 0.3) is 33.4 Å². The zero-order chi connectivity index (χ0) is 26.1. The summed E-state index contributed by atoms with van der Waals surface area (Å²) in [5.41, 5.74) is 17.4. The number of aryl methyl sites for hydroxylation is 1. The molecule has 5 N–H and O–H groups in total. The highest BCUT2D eigenvalue weighted by Crippen LogP contribution is 2.33. The first-order chi connectivity index (χ1) is 17.8. The normalized spacial score (nSPS) is 11.4. The third-order valence-corrected chi connectivity index (χ3v) is 6.05. The van der Waals surface area contributed by atoms with Crippen molar-refractivity contribution in [3.8, 4) is 22.4 Å². The number of fused-ring (bicyclic) bond motifs is 1. The van der Waals surface area contributed by atoms with E-state index < -0.39 is 5.91 Å². The number of aromatic amines is 1. The van der Waals surface area contributed by atoms with E-state index in [9.17, 15) is 4.79 Å². The van der Waals surface area contributed by atoms with Gasteiger partial charge >= 0.3 is 0 Å². The summed E-state index contributed by atoms with van der Waals surface area (Å²) in [6.07, 6.45) is 9.38. The molecular weight excluding hydrogens is 468 g/mol. The number of rotatable bonds is 8. The van der Waals surface area contributed by atoms with Gasteiger partial charge in [-0.1, -0.05) is 0 Å². The molecule has 0 unspecified atom stereocenters. The summed E-state index contributed by atoms with van der Waals surface area (Å²) < 4.78 is 1.91. The number of pyridine rings is 2. The van der Waals surface area contributed by atoms with E-state index in [-0.39, 0.29) is 18.4 Å². The molecule has 11 nitrogen and oxygen atoms in total. The fraction of sp³-hybridized carbons (Fsp3) is 0.231. The van der Waals surface area contributed by atoms with Crippen molar-refractivity contribution >= 4 is 34.4 Å². The molecule has 0 radical (unpaired) electrons. The van der Waals surface area contributed by atoms with Crippen molar-refractivity contribution in [1.82, 2.24) is 34.7 Å². The third kappa shape index (κ3) is 4.96. The molecule has 0 saturated heterocycles. The Balaban J connectivity index is 1.58. The molecule has 0 atom stereocenters. The van der Waals surface area contributed by atoms with Gasteiger partial charge in [-0.15, -0.1) is 0 Å². The van der Waals surface area contributed by atoms with E-state index in [2.05, 4.69) is 49.9 Å². The Hall–Kier alpha value is -4.80. The molecule has 0 fully saturated rings. The number of anilines is 3. The van der Waals surface area contributed by atoms with Crippen molar-refractivity contribution in [3.05, 3.63) is 60.9 Å². The van der Waals surface area contributed by atoms with Crippen LogP contribution in [0, 0.1) is 6.92 Å². The van der Waals surface area contributed by atoms with E-state index in [4.69, 9.17) is 11.5 Å². The molecular formula is C26H28N10O. The molecule has 0 saturated carbocycles. The lowest BCUT2D eigenvalue weighted by Gasteiger charge is -2.24. The molecule has 1 amide bonds. The lowest BCUT2D eigenvalue weighted by atomic mass is 10.1. The second-order valence-electron chi connectivity index (χ2n) is 9.12. The summed E-state index contributed by atoms with van der Waals surface area (Å²) in [4.78, 5) is 34.6. The van der Waals surface area contributed by atoms with Gasteiger partial charge in [-0.2, -0.15) is 10.1 Å². The lowest BCUT2D eigenvalue weighted by Crippen LogP contribution is -2.25. The fourth-order valence-corrected chi connectivity index (χ4v) is 4.17. The standard InChI is InChI=1S/C26H28N10O/c1-15(2)36-14-18(12-32-36)17-9-20-21(13-31-25(20)30-11-17)22-10-24(34-26(28)33-22)35(7-5-23(27)37)19-4-6-29-16(3)8-19/h4,6,8-15H,5,7H2,1-3H3,(H2,27,37)(H,30,31)(H2,28,33,34). The average molecular weight is 497 g/mol. The summed E-state index contributed by atoms with van der Waals surface area (Å²) in [5, 5.41) is 5.34. The highest BCUT2D eigenvalue weighted by atomic mass is 16.1. The molecule has 0 aliphatic heterocycles. The van der Waals surface area contributed by atoms with Gasteiger partial charge in [-0.3, -0.25) is 14.5 Å². The number of nitrogens with one attached hydrogen (secondary N) is 1. The predicted octanol–water partition coefficient (Wildman–Crippen LogP) is 3.76. The van der Waals surface area contributed by atoms with Crippen molar-refractivity contribution in [2.45, 2.75) is 33.2 Å². The minimum atomic E-state index is -0.408. The third-order valence-electron chi connectivity index (χ3n) is 6.05. The van der Waals surface area contributed by atoms with Crippen molar-refractivity contribution < 1.29 is 4.79 Å². The Bertz CT molecular complexity index is 1590. The van der Waals surface area contributed by atoms with Crippen LogP contribution in [0.4, 0.5) is 17.5 Å². The topological polar surface area (TPSA) is 158 Å². The van der Waals surface area contributed by atoms with E-state index in [1.165, 1.54) is 0 Å². The van der Waals surface area contributed by atoms with Crippen LogP contribution in [0.1, 0.15) is 32.0 Å². The van der Waals surface area contributed by atoms with Gasteiger partial charge in [0.1, 0.15) is 11.5 Å². The number of primary amides is 1. The minimum Gasteiger partial charge on any atom is -0.370 e. The summed E-state index contributed by atoms with van der Waals surface area (Å²) in [6, 6.07) is 7.94. The first kappa shape index (κ1) is 23.9. The summed E-state index contributed by atoms with van der Waals surface area (Å²) >= 11 is 0. The minimum absolute atomic E-state index is 0.110. The molecule has 11 heteroatoms. The second kappa shape index (κ2) is 9.69. The van der Waals surface area contributed by atoms with Crippen LogP contribution in [0.5, 0.6) is 0 Å². The van der Waals surface area contributed by atoms with E-state index in [0.29, 0.717) is 18.1 Å². The number of nitrogen functional groups attached to an aromatic ring is 1. The van der Waals surface area contributed by atoms with Gasteiger partial charge in [0.15, 0.2) is 0 Å². The zero-order valence-corrected chi connectivity index (χ0v) is 20.9. The quantitative estimate of drug-likeness (QED) is 0.293. The second-order valence-corrected chi connectivity index (χ2v) is 9.12. The first-order valence-electron chi connectivity index (χ1n) is 11.9. The molecule has 0 bridgehead atoms. The van der Waals surface area contributed by atoms with Gasteiger partial charge in [0, 0.05) is 83.3 Å². The van der Waals surface area contributed by atoms with Crippen LogP contribution in [0.3, 0.4) is 0 Å². The average Bonchev–Trinajstić information content (AvgIpc) is 3.51. The number of carbonyl (C=O) groups excluding carboxylic acids is 1. The number of amides is 1. The maximum absolute atomic E-state index is 11.6. The molecule has 0 spiro atoms. The van der Waals surface area contributed by atoms with Crippen LogP contribution in [-0.2, 0) is 4.79 Å². The molecule has 5 heterocycles. The molecule has 0 aromatic carbocycles. The maximum Gasteiger partial charge on any atom is 0.222 e. The Morgan fingerprint density at radius 2 is 1.97 bits per heavy atom. The predicted molar refractivity (Wildman–Crippen MR) is 143 cm³/mol. The van der Waals surface area contributed by atoms with Crippen LogP contribution in [-0.4, -0.2) is 47.2 Å². The van der Waals surface area contributed by atoms with Gasteiger partial charge in [-0.05, 0) is 39.0 Å². The number of carbonyl (C=O) groups is 1. The number of H-pyrrole nitrogens is 1. The molecule has 0 aliphatic rings. The number of nitrogens with zero attached hydrogens (tertiary/aromatic N) is 7.